The van der Waals surface area contributed by atoms with Crippen LogP contribution >= 0.6 is 11.8 Å². The molecule has 2 N–H and O–H groups in total. The van der Waals surface area contributed by atoms with Crippen LogP contribution in [0.15, 0.2) is 29.2 Å². The predicted octanol–water partition coefficient (Wildman–Crippen LogP) is 3.61. The first-order valence-corrected chi connectivity index (χ1v) is 6.96. The van der Waals surface area contributed by atoms with Crippen LogP contribution in [0.4, 0.5) is 0 Å². The molecule has 0 unspecified atom stereocenters. The summed E-state index contributed by atoms with van der Waals surface area (Å²) in [5.74, 6) is 0. The van der Waals surface area contributed by atoms with Gasteiger partial charge in [-0.25, -0.2) is 0 Å². The van der Waals surface area contributed by atoms with E-state index in [9.17, 15) is 0 Å². The quantitative estimate of drug-likeness (QED) is 0.862. The number of hydrogen-bond acceptors (Lipinski definition) is 2. The van der Waals surface area contributed by atoms with Crippen LogP contribution in [0.5, 0.6) is 0 Å². The van der Waals surface area contributed by atoms with Gasteiger partial charge in [-0.3, -0.25) is 0 Å². The van der Waals surface area contributed by atoms with Gasteiger partial charge in [0.05, 0.1) is 0 Å². The molecule has 1 aliphatic rings. The maximum absolute atomic E-state index is 6.10. The molecule has 1 nitrogen and oxygen atoms in total. The fraction of sp³-hybridized carbons (Fsp3) is 0.571. The van der Waals surface area contributed by atoms with E-state index in [0.29, 0.717) is 0 Å². The summed E-state index contributed by atoms with van der Waals surface area (Å²) in [6.07, 6.45) is 5.13. The van der Waals surface area contributed by atoms with Crippen LogP contribution in [0, 0.1) is 0 Å². The van der Waals surface area contributed by atoms with E-state index in [1.807, 2.05) is 11.8 Å². The number of rotatable bonds is 4. The highest BCUT2D eigenvalue weighted by Crippen LogP contribution is 2.38. The van der Waals surface area contributed by atoms with Gasteiger partial charge in [-0.1, -0.05) is 24.6 Å². The molecule has 16 heavy (non-hydrogen) atoms. The van der Waals surface area contributed by atoms with Gasteiger partial charge in [0.15, 0.2) is 0 Å². The molecular formula is C14H21NS. The van der Waals surface area contributed by atoms with Crippen molar-refractivity contribution in [2.24, 2.45) is 5.73 Å². The second-order valence-corrected chi connectivity index (χ2v) is 6.79. The Morgan fingerprint density at radius 2 is 2.00 bits per heavy atom. The summed E-state index contributed by atoms with van der Waals surface area (Å²) in [4.78, 5) is 1.44. The zero-order valence-electron chi connectivity index (χ0n) is 10.2. The van der Waals surface area contributed by atoms with Gasteiger partial charge in [-0.2, -0.15) is 0 Å². The highest BCUT2D eigenvalue weighted by molar-refractivity contribution is 8.00. The molecule has 0 amide bonds. The van der Waals surface area contributed by atoms with Gasteiger partial charge in [0.25, 0.3) is 0 Å². The number of benzene rings is 1. The molecule has 0 radical (unpaired) electrons. The summed E-state index contributed by atoms with van der Waals surface area (Å²) >= 11 is 2.04. The molecule has 1 saturated carbocycles. The first-order valence-electron chi connectivity index (χ1n) is 6.08. The normalized spacial score (nSPS) is 17.2. The van der Waals surface area contributed by atoms with E-state index in [0.717, 1.165) is 11.7 Å². The minimum Gasteiger partial charge on any atom is -0.325 e. The van der Waals surface area contributed by atoms with Crippen molar-refractivity contribution in [1.29, 1.82) is 0 Å². The average Bonchev–Trinajstić information content (AvgIpc) is 2.11. The van der Waals surface area contributed by atoms with Gasteiger partial charge in [0.1, 0.15) is 0 Å². The Morgan fingerprint density at radius 1 is 1.31 bits per heavy atom. The monoisotopic (exact) mass is 235 g/mol. The van der Waals surface area contributed by atoms with Crippen LogP contribution in [0.25, 0.3) is 0 Å². The lowest BCUT2D eigenvalue weighted by atomic mass is 9.96. The van der Waals surface area contributed by atoms with Crippen LogP contribution in [0.3, 0.4) is 0 Å². The molecule has 0 spiro atoms. The SMILES string of the molecule is CC(C)(N)Cc1ccccc1SC1CCC1. The molecule has 0 aliphatic heterocycles. The van der Waals surface area contributed by atoms with Gasteiger partial charge < -0.3 is 5.73 Å². The van der Waals surface area contributed by atoms with Crippen LogP contribution in [0.2, 0.25) is 0 Å². The Morgan fingerprint density at radius 3 is 2.56 bits per heavy atom. The number of nitrogens with two attached hydrogens (primary N) is 1. The number of hydrogen-bond donors (Lipinski definition) is 1. The van der Waals surface area contributed by atoms with Gasteiger partial charge >= 0.3 is 0 Å². The maximum Gasteiger partial charge on any atom is 0.0138 e. The van der Waals surface area contributed by atoms with Crippen molar-refractivity contribution in [1.82, 2.24) is 0 Å². The lowest BCUT2D eigenvalue weighted by Gasteiger charge is -2.27. The Bertz CT molecular complexity index is 350. The highest BCUT2D eigenvalue weighted by atomic mass is 32.2. The standard InChI is InChI=1S/C14H21NS/c1-14(2,15)10-11-6-3-4-9-13(11)16-12-7-5-8-12/h3-4,6,9,12H,5,7-8,10,15H2,1-2H3. The summed E-state index contributed by atoms with van der Waals surface area (Å²) < 4.78 is 0. The summed E-state index contributed by atoms with van der Waals surface area (Å²) in [5, 5.41) is 0.849. The number of thioether (sulfide) groups is 1. The molecule has 1 aliphatic carbocycles. The molecule has 0 saturated heterocycles. The van der Waals surface area contributed by atoms with Crippen molar-refractivity contribution in [2.75, 3.05) is 0 Å². The summed E-state index contributed by atoms with van der Waals surface area (Å²) in [6, 6.07) is 8.71. The third-order valence-electron chi connectivity index (χ3n) is 2.96. The minimum atomic E-state index is -0.115. The molecule has 88 valence electrons. The minimum absolute atomic E-state index is 0.115. The fourth-order valence-electron chi connectivity index (χ4n) is 1.92. The van der Waals surface area contributed by atoms with E-state index in [1.54, 1.807) is 0 Å². The van der Waals surface area contributed by atoms with Gasteiger partial charge in [-0.05, 0) is 44.7 Å². The smallest absolute Gasteiger partial charge is 0.0138 e. The maximum atomic E-state index is 6.10. The van der Waals surface area contributed by atoms with E-state index < -0.39 is 0 Å². The summed E-state index contributed by atoms with van der Waals surface area (Å²) in [7, 11) is 0. The van der Waals surface area contributed by atoms with Crippen molar-refractivity contribution in [3.8, 4) is 0 Å². The Kier molecular flexibility index (Phi) is 3.60. The zero-order chi connectivity index (χ0) is 11.6. The molecule has 1 fully saturated rings. The topological polar surface area (TPSA) is 26.0 Å². The predicted molar refractivity (Wildman–Crippen MR) is 71.9 cm³/mol. The largest absolute Gasteiger partial charge is 0.325 e. The lowest BCUT2D eigenvalue weighted by molar-refractivity contribution is 0.510. The first-order chi connectivity index (χ1) is 7.54. The van der Waals surface area contributed by atoms with Crippen molar-refractivity contribution in [2.45, 2.75) is 55.2 Å². The van der Waals surface area contributed by atoms with Gasteiger partial charge in [0.2, 0.25) is 0 Å². The van der Waals surface area contributed by atoms with E-state index >= 15 is 0 Å². The van der Waals surface area contributed by atoms with Crippen molar-refractivity contribution < 1.29 is 0 Å². The molecular weight excluding hydrogens is 214 g/mol. The summed E-state index contributed by atoms with van der Waals surface area (Å²) in [6.45, 7) is 4.19. The van der Waals surface area contributed by atoms with Crippen molar-refractivity contribution in [3.63, 3.8) is 0 Å². The van der Waals surface area contributed by atoms with E-state index in [2.05, 4.69) is 38.1 Å². The first kappa shape index (κ1) is 12.0. The molecule has 0 aromatic heterocycles. The van der Waals surface area contributed by atoms with Gasteiger partial charge in [-0.15, -0.1) is 11.8 Å². The Hall–Kier alpha value is -0.470. The van der Waals surface area contributed by atoms with Crippen molar-refractivity contribution in [3.05, 3.63) is 29.8 Å². The van der Waals surface area contributed by atoms with Crippen LogP contribution in [0.1, 0.15) is 38.7 Å². The molecule has 1 aromatic rings. The lowest BCUT2D eigenvalue weighted by Crippen LogP contribution is -2.34. The average molecular weight is 235 g/mol. The second kappa shape index (κ2) is 4.80. The Balaban J connectivity index is 2.09. The second-order valence-electron chi connectivity index (χ2n) is 5.44. The molecule has 0 bridgehead atoms. The molecule has 2 rings (SSSR count). The third kappa shape index (κ3) is 3.26. The zero-order valence-corrected chi connectivity index (χ0v) is 11.0. The molecule has 0 heterocycles. The Labute approximate surface area is 103 Å². The van der Waals surface area contributed by atoms with E-state index in [4.69, 9.17) is 5.73 Å². The van der Waals surface area contributed by atoms with E-state index in [-0.39, 0.29) is 5.54 Å². The van der Waals surface area contributed by atoms with Gasteiger partial charge in [0, 0.05) is 15.7 Å². The molecule has 2 heteroatoms. The molecule has 1 aromatic carbocycles. The van der Waals surface area contributed by atoms with Crippen molar-refractivity contribution >= 4 is 11.8 Å². The summed E-state index contributed by atoms with van der Waals surface area (Å²) in [5.41, 5.74) is 7.40. The van der Waals surface area contributed by atoms with Crippen LogP contribution < -0.4 is 5.73 Å². The third-order valence-corrected chi connectivity index (χ3v) is 4.42. The highest BCUT2D eigenvalue weighted by Gasteiger charge is 2.21. The van der Waals surface area contributed by atoms with E-state index in [1.165, 1.54) is 29.7 Å². The van der Waals surface area contributed by atoms with Crippen LogP contribution in [-0.4, -0.2) is 10.8 Å². The molecule has 0 atom stereocenters. The fourth-order valence-corrected chi connectivity index (χ4v) is 3.30. The van der Waals surface area contributed by atoms with Crippen LogP contribution in [-0.2, 0) is 6.42 Å².